The highest BCUT2D eigenvalue weighted by Crippen LogP contribution is 2.15. The fourth-order valence-corrected chi connectivity index (χ4v) is 2.00. The lowest BCUT2D eigenvalue weighted by atomic mass is 10.1. The van der Waals surface area contributed by atoms with Gasteiger partial charge in [0.25, 0.3) is 0 Å². The van der Waals surface area contributed by atoms with E-state index in [1.807, 2.05) is 36.4 Å². The predicted molar refractivity (Wildman–Crippen MR) is 86.2 cm³/mol. The lowest BCUT2D eigenvalue weighted by molar-refractivity contribution is 1.06. The molecule has 0 aliphatic rings. The summed E-state index contributed by atoms with van der Waals surface area (Å²) < 4.78 is 0. The van der Waals surface area contributed by atoms with Gasteiger partial charge in [-0.3, -0.25) is 0 Å². The van der Waals surface area contributed by atoms with E-state index in [0.29, 0.717) is 17.5 Å². The standard InChI is InChI=1S/C16H18ClN3/c1-2-12-7-9-14(10-8-12)20-16(18)19-11-13-5-3-4-6-15(13)17/h3-10H,2,11H2,1H3,(H3,18,19,20). The Morgan fingerprint density at radius 2 is 1.85 bits per heavy atom. The van der Waals surface area contributed by atoms with Gasteiger partial charge in [0.05, 0.1) is 6.54 Å². The highest BCUT2D eigenvalue weighted by Gasteiger charge is 1.99. The second-order valence-corrected chi connectivity index (χ2v) is 4.88. The molecule has 20 heavy (non-hydrogen) atoms. The molecule has 0 aliphatic heterocycles. The molecule has 0 amide bonds. The molecule has 0 atom stereocenters. The topological polar surface area (TPSA) is 50.4 Å². The number of nitrogens with one attached hydrogen (secondary N) is 1. The van der Waals surface area contributed by atoms with E-state index in [-0.39, 0.29) is 0 Å². The van der Waals surface area contributed by atoms with Gasteiger partial charge >= 0.3 is 0 Å². The third kappa shape index (κ3) is 4.00. The number of anilines is 1. The Morgan fingerprint density at radius 3 is 2.50 bits per heavy atom. The van der Waals surface area contributed by atoms with Crippen LogP contribution >= 0.6 is 11.6 Å². The van der Waals surface area contributed by atoms with Crippen LogP contribution in [0.3, 0.4) is 0 Å². The molecule has 2 aromatic rings. The molecule has 2 rings (SSSR count). The first-order chi connectivity index (χ1) is 9.69. The molecule has 0 bridgehead atoms. The predicted octanol–water partition coefficient (Wildman–Crippen LogP) is 3.83. The fourth-order valence-electron chi connectivity index (χ4n) is 1.81. The van der Waals surface area contributed by atoms with Gasteiger partial charge in [-0.25, -0.2) is 4.99 Å². The SMILES string of the molecule is CCc1ccc(NC(N)=NCc2ccccc2Cl)cc1. The summed E-state index contributed by atoms with van der Waals surface area (Å²) in [7, 11) is 0. The average Bonchev–Trinajstić information content (AvgIpc) is 2.47. The monoisotopic (exact) mass is 287 g/mol. The number of halogens is 1. The number of hydrogen-bond donors (Lipinski definition) is 2. The fraction of sp³-hybridized carbons (Fsp3) is 0.188. The van der Waals surface area contributed by atoms with E-state index in [1.165, 1.54) is 5.56 Å². The molecule has 104 valence electrons. The Hall–Kier alpha value is -2.00. The number of rotatable bonds is 4. The zero-order valence-corrected chi connectivity index (χ0v) is 12.2. The van der Waals surface area contributed by atoms with E-state index in [0.717, 1.165) is 17.7 Å². The first-order valence-corrected chi connectivity index (χ1v) is 6.96. The van der Waals surface area contributed by atoms with E-state index in [1.54, 1.807) is 0 Å². The van der Waals surface area contributed by atoms with Gasteiger partial charge in [0.1, 0.15) is 0 Å². The third-order valence-electron chi connectivity index (χ3n) is 3.01. The number of nitrogens with zero attached hydrogens (tertiary/aromatic N) is 1. The van der Waals surface area contributed by atoms with Gasteiger partial charge in [0.15, 0.2) is 5.96 Å². The van der Waals surface area contributed by atoms with Crippen LogP contribution in [-0.4, -0.2) is 5.96 Å². The smallest absolute Gasteiger partial charge is 0.193 e. The van der Waals surface area contributed by atoms with Gasteiger partial charge in [-0.2, -0.15) is 0 Å². The molecule has 2 aromatic carbocycles. The van der Waals surface area contributed by atoms with Gasteiger partial charge in [-0.1, -0.05) is 48.9 Å². The Morgan fingerprint density at radius 1 is 1.15 bits per heavy atom. The van der Waals surface area contributed by atoms with Crippen LogP contribution in [0.15, 0.2) is 53.5 Å². The maximum Gasteiger partial charge on any atom is 0.193 e. The van der Waals surface area contributed by atoms with Crippen molar-refractivity contribution in [2.75, 3.05) is 5.32 Å². The van der Waals surface area contributed by atoms with Crippen molar-refractivity contribution in [3.05, 3.63) is 64.7 Å². The van der Waals surface area contributed by atoms with E-state index in [4.69, 9.17) is 17.3 Å². The van der Waals surface area contributed by atoms with Crippen molar-refractivity contribution in [3.8, 4) is 0 Å². The summed E-state index contributed by atoms with van der Waals surface area (Å²) in [6.45, 7) is 2.59. The van der Waals surface area contributed by atoms with E-state index in [9.17, 15) is 0 Å². The van der Waals surface area contributed by atoms with Gasteiger partial charge in [0.2, 0.25) is 0 Å². The van der Waals surface area contributed by atoms with Crippen LogP contribution in [0.4, 0.5) is 5.69 Å². The molecule has 0 unspecified atom stereocenters. The Labute approximate surface area is 124 Å². The number of aliphatic imine (C=N–C) groups is 1. The van der Waals surface area contributed by atoms with Crippen molar-refractivity contribution >= 4 is 23.2 Å². The second-order valence-electron chi connectivity index (χ2n) is 4.47. The van der Waals surface area contributed by atoms with Crippen LogP contribution in [0, 0.1) is 0 Å². The Balaban J connectivity index is 1.98. The molecular weight excluding hydrogens is 270 g/mol. The van der Waals surface area contributed by atoms with Gasteiger partial charge in [0, 0.05) is 10.7 Å². The number of hydrogen-bond acceptors (Lipinski definition) is 1. The maximum absolute atomic E-state index is 6.07. The van der Waals surface area contributed by atoms with Crippen molar-refractivity contribution in [2.45, 2.75) is 19.9 Å². The Kier molecular flexibility index (Phi) is 5.02. The molecule has 0 aromatic heterocycles. The quantitative estimate of drug-likeness (QED) is 0.663. The molecule has 3 nitrogen and oxygen atoms in total. The van der Waals surface area contributed by atoms with Crippen molar-refractivity contribution < 1.29 is 0 Å². The summed E-state index contributed by atoms with van der Waals surface area (Å²) in [6.07, 6.45) is 1.02. The lowest BCUT2D eigenvalue weighted by Crippen LogP contribution is -2.22. The number of guanidine groups is 1. The first kappa shape index (κ1) is 14.4. The summed E-state index contributed by atoms with van der Waals surface area (Å²) in [5.74, 6) is 0.383. The van der Waals surface area contributed by atoms with Crippen LogP contribution in [-0.2, 0) is 13.0 Å². The van der Waals surface area contributed by atoms with Crippen LogP contribution in [0.5, 0.6) is 0 Å². The van der Waals surface area contributed by atoms with Crippen LogP contribution in [0.1, 0.15) is 18.1 Å². The minimum absolute atomic E-state index is 0.383. The third-order valence-corrected chi connectivity index (χ3v) is 3.38. The zero-order valence-electron chi connectivity index (χ0n) is 11.4. The first-order valence-electron chi connectivity index (χ1n) is 6.58. The summed E-state index contributed by atoms with van der Waals surface area (Å²) in [5.41, 5.74) is 9.06. The van der Waals surface area contributed by atoms with E-state index >= 15 is 0 Å². The summed E-state index contributed by atoms with van der Waals surface area (Å²) in [6, 6.07) is 15.8. The molecule has 0 saturated carbocycles. The van der Waals surface area contributed by atoms with Crippen LogP contribution in [0.2, 0.25) is 5.02 Å². The van der Waals surface area contributed by atoms with Crippen molar-refractivity contribution in [1.29, 1.82) is 0 Å². The van der Waals surface area contributed by atoms with Gasteiger partial charge in [-0.15, -0.1) is 0 Å². The highest BCUT2D eigenvalue weighted by atomic mass is 35.5. The van der Waals surface area contributed by atoms with E-state index < -0.39 is 0 Å². The van der Waals surface area contributed by atoms with Crippen LogP contribution < -0.4 is 11.1 Å². The summed E-state index contributed by atoms with van der Waals surface area (Å²) >= 11 is 6.07. The molecule has 0 heterocycles. The van der Waals surface area contributed by atoms with Crippen molar-refractivity contribution in [1.82, 2.24) is 0 Å². The zero-order chi connectivity index (χ0) is 14.4. The largest absolute Gasteiger partial charge is 0.370 e. The van der Waals surface area contributed by atoms with Gasteiger partial charge < -0.3 is 11.1 Å². The molecule has 0 aliphatic carbocycles. The molecule has 0 spiro atoms. The summed E-state index contributed by atoms with van der Waals surface area (Å²) in [4.78, 5) is 4.29. The summed E-state index contributed by atoms with van der Waals surface area (Å²) in [5, 5.41) is 3.77. The normalized spacial score (nSPS) is 11.4. The Bertz CT molecular complexity index is 591. The average molecular weight is 288 g/mol. The molecule has 4 heteroatoms. The van der Waals surface area contributed by atoms with Crippen molar-refractivity contribution in [3.63, 3.8) is 0 Å². The van der Waals surface area contributed by atoms with Gasteiger partial charge in [-0.05, 0) is 35.7 Å². The van der Waals surface area contributed by atoms with Crippen molar-refractivity contribution in [2.24, 2.45) is 10.7 Å². The molecule has 0 saturated heterocycles. The maximum atomic E-state index is 6.07. The number of benzene rings is 2. The number of nitrogens with two attached hydrogens (primary N) is 1. The molecule has 0 radical (unpaired) electrons. The van der Waals surface area contributed by atoms with Crippen LogP contribution in [0.25, 0.3) is 0 Å². The molecule has 3 N–H and O–H groups in total. The molecule has 0 fully saturated rings. The molecular formula is C16H18ClN3. The minimum Gasteiger partial charge on any atom is -0.370 e. The lowest BCUT2D eigenvalue weighted by Gasteiger charge is -2.07. The number of aryl methyl sites for hydroxylation is 1. The highest BCUT2D eigenvalue weighted by molar-refractivity contribution is 6.31. The minimum atomic E-state index is 0.383. The van der Waals surface area contributed by atoms with E-state index in [2.05, 4.69) is 29.4 Å². The second kappa shape index (κ2) is 6.96.